The Morgan fingerprint density at radius 2 is 1.18 bits per heavy atom. The molecule has 0 spiro atoms. The lowest BCUT2D eigenvalue weighted by Gasteiger charge is -2.29. The van der Waals surface area contributed by atoms with Crippen molar-refractivity contribution in [3.8, 4) is 0 Å². The minimum Gasteiger partial charge on any atom is -0.461 e. The molecule has 0 radical (unpaired) electrons. The molecule has 0 bridgehead atoms. The van der Waals surface area contributed by atoms with E-state index in [-0.39, 0.29) is 26.1 Å². The highest BCUT2D eigenvalue weighted by Gasteiger charge is 2.39. The predicted molar refractivity (Wildman–Crippen MR) is 265 cm³/mol. The molecule has 0 atom stereocenters. The number of ether oxygens (including phenoxy) is 2. The lowest BCUT2D eigenvalue weighted by atomic mass is 9.83. The zero-order valence-corrected chi connectivity index (χ0v) is 41.5. The smallest absolute Gasteiger partial charge is 0.407 e. The van der Waals surface area contributed by atoms with Gasteiger partial charge in [0.2, 0.25) is 10.0 Å². The molecule has 15 nitrogen and oxygen atoms in total. The van der Waals surface area contributed by atoms with Crippen molar-refractivity contribution >= 4 is 70.2 Å². The van der Waals surface area contributed by atoms with Crippen LogP contribution >= 0.6 is 0 Å². The third-order valence-electron chi connectivity index (χ3n) is 12.1. The summed E-state index contributed by atoms with van der Waals surface area (Å²) in [6.07, 6.45) is 10.0. The Hall–Kier alpha value is -6.36. The number of sulfonamides is 2. The fourth-order valence-corrected chi connectivity index (χ4v) is 13.1. The molecule has 384 valence electrons. The molecule has 72 heavy (non-hydrogen) atoms. The second kappa shape index (κ2) is 23.5. The first-order chi connectivity index (χ1) is 34.4. The number of nitrogens with one attached hydrogen (secondary N) is 2. The molecule has 3 aliphatic rings. The number of nitrogens with zero attached hydrogens (tertiary/aromatic N) is 3. The number of amides is 1. The summed E-state index contributed by atoms with van der Waals surface area (Å²) >= 11 is 0. The molecular formula is C50H53F4N5O10S3. The lowest BCUT2D eigenvalue weighted by molar-refractivity contribution is -0.137. The normalized spacial score (nSPS) is 15.8. The van der Waals surface area contributed by atoms with E-state index in [1.54, 1.807) is 6.08 Å². The Morgan fingerprint density at radius 1 is 0.653 bits per heavy atom. The first kappa shape index (κ1) is 53.4. The van der Waals surface area contributed by atoms with Crippen LogP contribution < -0.4 is 19.2 Å². The number of esters is 1. The van der Waals surface area contributed by atoms with Crippen LogP contribution in [0.2, 0.25) is 0 Å². The molecule has 7 rings (SSSR count). The highest BCUT2D eigenvalue weighted by atomic mass is 32.3. The van der Waals surface area contributed by atoms with Gasteiger partial charge in [0.1, 0.15) is 18.1 Å². The van der Waals surface area contributed by atoms with E-state index >= 15 is 17.6 Å². The lowest BCUT2D eigenvalue weighted by Crippen LogP contribution is -2.34. The fraction of sp³-hybridized carbons (Fsp3) is 0.340. The number of benzene rings is 4. The van der Waals surface area contributed by atoms with Crippen molar-refractivity contribution in [2.75, 3.05) is 73.8 Å². The number of aliphatic imine (C=N–C) groups is 1. The van der Waals surface area contributed by atoms with Gasteiger partial charge in [-0.25, -0.2) is 52.4 Å². The topological polar surface area (TPSA) is 198 Å². The molecule has 4 aromatic rings. The Morgan fingerprint density at radius 3 is 1.72 bits per heavy atom. The summed E-state index contributed by atoms with van der Waals surface area (Å²) in [5, 5.41) is 2.07. The van der Waals surface area contributed by atoms with Crippen molar-refractivity contribution in [2.24, 2.45) is 4.99 Å². The van der Waals surface area contributed by atoms with Crippen LogP contribution in [0.1, 0.15) is 67.2 Å². The number of alkyl carbamates (subject to hydrolysis) is 1. The fourth-order valence-electron chi connectivity index (χ4n) is 8.66. The third-order valence-corrected chi connectivity index (χ3v) is 17.4. The molecule has 4 aromatic carbocycles. The van der Waals surface area contributed by atoms with Gasteiger partial charge in [-0.1, -0.05) is 61.2 Å². The number of allylic oxidation sites excluding steroid dienone is 3. The minimum absolute atomic E-state index is 0.175. The summed E-state index contributed by atoms with van der Waals surface area (Å²) in [5.41, 5.74) is 8.33. The van der Waals surface area contributed by atoms with Crippen LogP contribution in [0.4, 0.5) is 33.7 Å². The molecule has 2 saturated heterocycles. The largest absolute Gasteiger partial charge is 0.461 e. The van der Waals surface area contributed by atoms with Gasteiger partial charge in [0, 0.05) is 55.7 Å². The molecule has 0 saturated carbocycles. The molecular weight excluding hydrogens is 1000 g/mol. The van der Waals surface area contributed by atoms with Gasteiger partial charge in [-0.2, -0.15) is 0 Å². The van der Waals surface area contributed by atoms with Gasteiger partial charge in [0.25, 0.3) is 10.0 Å². The van der Waals surface area contributed by atoms with Crippen molar-refractivity contribution in [1.82, 2.24) is 9.44 Å². The van der Waals surface area contributed by atoms with Gasteiger partial charge in [-0.05, 0) is 103 Å². The second-order valence-corrected chi connectivity index (χ2v) is 22.8. The van der Waals surface area contributed by atoms with Crippen molar-refractivity contribution in [2.45, 2.75) is 54.7 Å². The maximum Gasteiger partial charge on any atom is 0.407 e. The Bertz CT molecular complexity index is 3030. The van der Waals surface area contributed by atoms with Crippen molar-refractivity contribution in [3.05, 3.63) is 143 Å². The molecule has 2 aliphatic heterocycles. The summed E-state index contributed by atoms with van der Waals surface area (Å²) in [6.45, 7) is 5.30. The molecule has 1 amide bonds. The number of piperidine rings is 2. The number of hydrogen-bond acceptors (Lipinski definition) is 13. The zero-order chi connectivity index (χ0) is 51.6. The maximum atomic E-state index is 15.3. The van der Waals surface area contributed by atoms with Gasteiger partial charge >= 0.3 is 12.1 Å². The summed E-state index contributed by atoms with van der Waals surface area (Å²) in [5.74, 6) is -14.0. The molecule has 2 heterocycles. The number of fused-ring (bicyclic) bond motifs is 1. The van der Waals surface area contributed by atoms with Gasteiger partial charge < -0.3 is 24.6 Å². The van der Waals surface area contributed by atoms with Crippen LogP contribution in [0, 0.1) is 23.3 Å². The first-order valence-electron chi connectivity index (χ1n) is 23.2. The number of carbonyl (C=O) groups is 2. The van der Waals surface area contributed by atoms with Crippen molar-refractivity contribution < 1.29 is 61.9 Å². The quantitative estimate of drug-likeness (QED) is 0.0310. The number of carbonyl (C=O) groups excluding carboxylic acids is 2. The van der Waals surface area contributed by atoms with Gasteiger partial charge in [0.05, 0.1) is 23.8 Å². The van der Waals surface area contributed by atoms with Crippen LogP contribution in [0.25, 0.3) is 11.1 Å². The van der Waals surface area contributed by atoms with E-state index < -0.39 is 93.1 Å². The summed E-state index contributed by atoms with van der Waals surface area (Å²) < 4.78 is 149. The number of rotatable bonds is 19. The number of anilines is 2. The van der Waals surface area contributed by atoms with Gasteiger partial charge in [-0.3, -0.25) is 4.99 Å². The minimum atomic E-state index is -5.94. The summed E-state index contributed by atoms with van der Waals surface area (Å²) in [6, 6.07) is 24.7. The average molecular weight is 1060 g/mol. The van der Waals surface area contributed by atoms with E-state index in [9.17, 15) is 34.8 Å². The number of hydrogen-bond donors (Lipinski definition) is 2. The van der Waals surface area contributed by atoms with Crippen LogP contribution in [-0.4, -0.2) is 107 Å². The molecule has 22 heteroatoms. The summed E-state index contributed by atoms with van der Waals surface area (Å²) in [7, 11) is -16.3. The highest BCUT2D eigenvalue weighted by Crippen LogP contribution is 2.39. The molecule has 0 unspecified atom stereocenters. The average Bonchev–Trinajstić information content (AvgIpc) is 3.37. The first-order valence-corrected chi connectivity index (χ1v) is 28.0. The van der Waals surface area contributed by atoms with E-state index in [2.05, 4.69) is 84.7 Å². The van der Waals surface area contributed by atoms with E-state index in [0.717, 1.165) is 107 Å². The highest BCUT2D eigenvalue weighted by molar-refractivity contribution is 8.04. The van der Waals surface area contributed by atoms with E-state index in [4.69, 9.17) is 0 Å². The molecule has 1 aliphatic carbocycles. The Balaban J connectivity index is 1.05. The molecule has 2 N–H and O–H groups in total. The van der Waals surface area contributed by atoms with Crippen LogP contribution in [-0.2, 0) is 44.2 Å². The van der Waals surface area contributed by atoms with Gasteiger partial charge in [0.15, 0.2) is 38.0 Å². The zero-order valence-electron chi connectivity index (χ0n) is 39.0. The number of sulfone groups is 1. The standard InChI is InChI=1S/C50H53F4N5O10S3/c1-2-42(60)68-30-25-56-50(61)69-31-33-70(62,63)48-44(51)46(53)49(47(54)45(48)52)72(66,67)57-71(64,65)32-11-24-55-41-23-22-40(38-12-5-6-13-39(38)41)43(34-14-18-36(19-15-34)58-26-7-3-8-27-58)35-16-20-37(21-17-35)59-28-9-4-10-29-59/h2,5-6,12-23,57H,1,3-4,7-11,24-33H2,(H,56,61). The third kappa shape index (κ3) is 12.8. The number of halogens is 4. The van der Waals surface area contributed by atoms with Crippen LogP contribution in [0.5, 0.6) is 0 Å². The van der Waals surface area contributed by atoms with E-state index in [1.807, 2.05) is 30.3 Å². The molecule has 2 fully saturated rings. The Kier molecular flexibility index (Phi) is 17.4. The second-order valence-electron chi connectivity index (χ2n) is 17.1. The van der Waals surface area contributed by atoms with Crippen LogP contribution in [0.3, 0.4) is 0 Å². The SMILES string of the molecule is C=CC(=O)OCCNC(=O)OCCS(=O)(=O)c1c(F)c(F)c(S(=O)(=O)NS(=O)(=O)CCCN=C2C=CC(=C(c3ccc(N4CCCCC4)cc3)c3ccc(N4CCCCC4)cc3)c3ccccc32)c(F)c1F. The maximum absolute atomic E-state index is 15.3. The Labute approximate surface area is 416 Å². The van der Waals surface area contributed by atoms with Crippen LogP contribution in [0.15, 0.2) is 112 Å². The molecule has 0 aromatic heterocycles. The monoisotopic (exact) mass is 1060 g/mol. The van der Waals surface area contributed by atoms with E-state index in [0.29, 0.717) is 5.71 Å². The van der Waals surface area contributed by atoms with Crippen molar-refractivity contribution in [3.63, 3.8) is 0 Å². The predicted octanol–water partition coefficient (Wildman–Crippen LogP) is 7.47. The van der Waals surface area contributed by atoms with Crippen molar-refractivity contribution in [1.29, 1.82) is 0 Å². The van der Waals surface area contributed by atoms with E-state index in [1.165, 1.54) is 12.8 Å². The van der Waals surface area contributed by atoms with Gasteiger partial charge in [-0.15, -0.1) is 4.13 Å². The summed E-state index contributed by atoms with van der Waals surface area (Å²) in [4.78, 5) is 27.6.